The van der Waals surface area contributed by atoms with Crippen LogP contribution in [-0.2, 0) is 9.59 Å². The summed E-state index contributed by atoms with van der Waals surface area (Å²) in [5.74, 6) is -0.669. The topological polar surface area (TPSA) is 96.5 Å². The lowest BCUT2D eigenvalue weighted by Crippen LogP contribution is -2.52. The Bertz CT molecular complexity index is 614. The number of hydrogen-bond donors (Lipinski definition) is 3. The van der Waals surface area contributed by atoms with E-state index in [1.54, 1.807) is 12.1 Å². The molecule has 7 nitrogen and oxygen atoms in total. The van der Waals surface area contributed by atoms with Crippen LogP contribution in [0.25, 0.3) is 0 Å². The first kappa shape index (κ1) is 13.4. The van der Waals surface area contributed by atoms with Crippen molar-refractivity contribution in [3.8, 4) is 5.75 Å². The van der Waals surface area contributed by atoms with Crippen molar-refractivity contribution in [1.29, 1.82) is 0 Å². The van der Waals surface area contributed by atoms with Gasteiger partial charge in [0.2, 0.25) is 11.8 Å². The predicted octanol–water partition coefficient (Wildman–Crippen LogP) is 0.0259. The van der Waals surface area contributed by atoms with Gasteiger partial charge in [0.25, 0.3) is 5.91 Å². The quantitative estimate of drug-likeness (QED) is 0.667. The molecule has 1 aromatic rings. The molecule has 0 saturated carbocycles. The molecule has 0 aliphatic carbocycles. The van der Waals surface area contributed by atoms with Gasteiger partial charge in [-0.25, -0.2) is 0 Å². The van der Waals surface area contributed by atoms with Crippen molar-refractivity contribution in [2.45, 2.75) is 18.9 Å². The summed E-state index contributed by atoms with van der Waals surface area (Å²) in [6, 6.07) is 4.53. The number of hydrogen-bond acceptors (Lipinski definition) is 5. The predicted molar refractivity (Wildman–Crippen MR) is 74.1 cm³/mol. The Morgan fingerprint density at radius 1 is 1.33 bits per heavy atom. The van der Waals surface area contributed by atoms with Gasteiger partial charge in [0.15, 0.2) is 5.75 Å². The number of fused-ring (bicyclic) bond motifs is 1. The molecule has 110 valence electrons. The summed E-state index contributed by atoms with van der Waals surface area (Å²) in [5.41, 5.74) is 1.14. The van der Waals surface area contributed by atoms with E-state index in [0.29, 0.717) is 30.9 Å². The highest BCUT2D eigenvalue weighted by Crippen LogP contribution is 2.31. The SMILES string of the molecule is O=C1CCC(NC(=O)c2cccc3c2OCCN3)C(=O)N1. The summed E-state index contributed by atoms with van der Waals surface area (Å²) in [6.45, 7) is 1.17. The molecule has 0 radical (unpaired) electrons. The summed E-state index contributed by atoms with van der Waals surface area (Å²) < 4.78 is 5.53. The fourth-order valence-corrected chi connectivity index (χ4v) is 2.42. The average Bonchev–Trinajstić information content (AvgIpc) is 2.49. The van der Waals surface area contributed by atoms with Crippen LogP contribution in [0, 0.1) is 0 Å². The number of para-hydroxylation sites is 1. The fourth-order valence-electron chi connectivity index (χ4n) is 2.42. The molecular formula is C14H15N3O4. The Morgan fingerprint density at radius 3 is 3.00 bits per heavy atom. The maximum atomic E-state index is 12.3. The minimum absolute atomic E-state index is 0.224. The number of anilines is 1. The molecule has 21 heavy (non-hydrogen) atoms. The maximum Gasteiger partial charge on any atom is 0.255 e. The van der Waals surface area contributed by atoms with Crippen molar-refractivity contribution in [3.63, 3.8) is 0 Å². The summed E-state index contributed by atoms with van der Waals surface area (Å²) in [6.07, 6.45) is 0.534. The Morgan fingerprint density at radius 2 is 2.19 bits per heavy atom. The third-order valence-corrected chi connectivity index (χ3v) is 3.47. The second kappa shape index (κ2) is 5.43. The molecule has 2 heterocycles. The van der Waals surface area contributed by atoms with E-state index in [4.69, 9.17) is 4.74 Å². The molecule has 1 aromatic carbocycles. The Labute approximate surface area is 121 Å². The number of carbonyl (C=O) groups is 3. The molecule has 0 spiro atoms. The third-order valence-electron chi connectivity index (χ3n) is 3.47. The standard InChI is InChI=1S/C14H15N3O4/c18-11-5-4-10(14(20)17-11)16-13(19)8-2-1-3-9-12(8)21-7-6-15-9/h1-3,10,15H,4-7H2,(H,16,19)(H,17,18,20). The van der Waals surface area contributed by atoms with E-state index >= 15 is 0 Å². The first-order valence-corrected chi connectivity index (χ1v) is 6.79. The van der Waals surface area contributed by atoms with E-state index in [1.807, 2.05) is 6.07 Å². The van der Waals surface area contributed by atoms with E-state index < -0.39 is 11.9 Å². The van der Waals surface area contributed by atoms with Crippen LogP contribution < -0.4 is 20.7 Å². The number of piperidine rings is 1. The Balaban J connectivity index is 1.77. The smallest absolute Gasteiger partial charge is 0.255 e. The molecule has 3 rings (SSSR count). The average molecular weight is 289 g/mol. The normalized spacial score (nSPS) is 20.7. The lowest BCUT2D eigenvalue weighted by Gasteiger charge is -2.24. The van der Waals surface area contributed by atoms with Crippen LogP contribution in [0.4, 0.5) is 5.69 Å². The number of ether oxygens (including phenoxy) is 1. The van der Waals surface area contributed by atoms with Crippen LogP contribution >= 0.6 is 0 Å². The molecule has 2 aliphatic heterocycles. The number of benzene rings is 1. The van der Waals surface area contributed by atoms with Gasteiger partial charge in [0.1, 0.15) is 12.6 Å². The van der Waals surface area contributed by atoms with Crippen LogP contribution in [0.15, 0.2) is 18.2 Å². The van der Waals surface area contributed by atoms with Gasteiger partial charge in [-0.3, -0.25) is 19.7 Å². The lowest BCUT2D eigenvalue weighted by molar-refractivity contribution is -0.134. The summed E-state index contributed by atoms with van der Waals surface area (Å²) in [4.78, 5) is 35.1. The molecule has 0 aromatic heterocycles. The molecule has 1 atom stereocenters. The second-order valence-corrected chi connectivity index (χ2v) is 4.93. The molecule has 7 heteroatoms. The summed E-state index contributed by atoms with van der Waals surface area (Å²) in [7, 11) is 0. The molecule has 3 amide bonds. The Kier molecular flexibility index (Phi) is 3.47. The minimum Gasteiger partial charge on any atom is -0.489 e. The molecule has 0 bridgehead atoms. The van der Waals surface area contributed by atoms with E-state index in [1.165, 1.54) is 0 Å². The van der Waals surface area contributed by atoms with Crippen LogP contribution in [-0.4, -0.2) is 36.9 Å². The molecule has 2 aliphatic rings. The van der Waals surface area contributed by atoms with Gasteiger partial charge in [-0.05, 0) is 18.6 Å². The fraction of sp³-hybridized carbons (Fsp3) is 0.357. The largest absolute Gasteiger partial charge is 0.489 e. The molecule has 1 saturated heterocycles. The highest BCUT2D eigenvalue weighted by molar-refractivity contribution is 6.05. The van der Waals surface area contributed by atoms with Gasteiger partial charge in [0.05, 0.1) is 11.3 Å². The summed E-state index contributed by atoms with van der Waals surface area (Å²) in [5, 5.41) is 8.00. The van der Waals surface area contributed by atoms with Gasteiger partial charge in [-0.2, -0.15) is 0 Å². The minimum atomic E-state index is -0.692. The lowest BCUT2D eigenvalue weighted by atomic mass is 10.0. The van der Waals surface area contributed by atoms with Crippen LogP contribution in [0.5, 0.6) is 5.75 Å². The van der Waals surface area contributed by atoms with Crippen molar-refractivity contribution in [1.82, 2.24) is 10.6 Å². The van der Waals surface area contributed by atoms with Crippen molar-refractivity contribution < 1.29 is 19.1 Å². The van der Waals surface area contributed by atoms with Crippen molar-refractivity contribution >= 4 is 23.4 Å². The molecule has 1 fully saturated rings. The van der Waals surface area contributed by atoms with E-state index in [-0.39, 0.29) is 18.2 Å². The van der Waals surface area contributed by atoms with E-state index in [2.05, 4.69) is 16.0 Å². The van der Waals surface area contributed by atoms with Gasteiger partial charge in [-0.15, -0.1) is 0 Å². The zero-order valence-corrected chi connectivity index (χ0v) is 11.3. The second-order valence-electron chi connectivity index (χ2n) is 4.93. The first-order valence-electron chi connectivity index (χ1n) is 6.79. The van der Waals surface area contributed by atoms with Gasteiger partial charge < -0.3 is 15.4 Å². The molecule has 3 N–H and O–H groups in total. The van der Waals surface area contributed by atoms with E-state index in [0.717, 1.165) is 5.69 Å². The van der Waals surface area contributed by atoms with Crippen molar-refractivity contribution in [2.24, 2.45) is 0 Å². The van der Waals surface area contributed by atoms with Crippen molar-refractivity contribution in [3.05, 3.63) is 23.8 Å². The first-order chi connectivity index (χ1) is 10.1. The third kappa shape index (κ3) is 2.67. The highest BCUT2D eigenvalue weighted by Gasteiger charge is 2.29. The number of rotatable bonds is 2. The molecular weight excluding hydrogens is 274 g/mol. The highest BCUT2D eigenvalue weighted by atomic mass is 16.5. The Hall–Kier alpha value is -2.57. The molecule has 1 unspecified atom stereocenters. The van der Waals surface area contributed by atoms with Crippen molar-refractivity contribution in [2.75, 3.05) is 18.5 Å². The zero-order valence-electron chi connectivity index (χ0n) is 11.3. The number of amides is 3. The number of carbonyl (C=O) groups excluding carboxylic acids is 3. The van der Waals surface area contributed by atoms with Crippen LogP contribution in [0.3, 0.4) is 0 Å². The van der Waals surface area contributed by atoms with Crippen LogP contribution in [0.2, 0.25) is 0 Å². The number of imide groups is 1. The monoisotopic (exact) mass is 289 g/mol. The van der Waals surface area contributed by atoms with Crippen LogP contribution in [0.1, 0.15) is 23.2 Å². The maximum absolute atomic E-state index is 12.3. The van der Waals surface area contributed by atoms with E-state index in [9.17, 15) is 14.4 Å². The number of nitrogens with one attached hydrogen (secondary N) is 3. The zero-order chi connectivity index (χ0) is 14.8. The van der Waals surface area contributed by atoms with Gasteiger partial charge in [0, 0.05) is 13.0 Å². The van der Waals surface area contributed by atoms with Gasteiger partial charge in [-0.1, -0.05) is 6.07 Å². The van der Waals surface area contributed by atoms with Gasteiger partial charge >= 0.3 is 0 Å². The summed E-state index contributed by atoms with van der Waals surface area (Å²) >= 11 is 0.